The second-order valence-electron chi connectivity index (χ2n) is 8.96. The Morgan fingerprint density at radius 2 is 1.68 bits per heavy atom. The van der Waals surface area contributed by atoms with Crippen molar-refractivity contribution in [3.8, 4) is 0 Å². The Kier molecular flexibility index (Phi) is 9.06. The van der Waals surface area contributed by atoms with Crippen LogP contribution in [0.15, 0.2) is 48.8 Å². The highest BCUT2D eigenvalue weighted by Crippen LogP contribution is 2.20. The lowest BCUT2D eigenvalue weighted by molar-refractivity contribution is 0.0922. The highest BCUT2D eigenvalue weighted by molar-refractivity contribution is 6.34. The fraction of sp³-hybridized carbons (Fsp3) is 0.308. The fourth-order valence-electron chi connectivity index (χ4n) is 4.15. The molecule has 1 saturated heterocycles. The third-order valence-corrected chi connectivity index (χ3v) is 6.65. The number of rotatable bonds is 9. The molecule has 0 atom stereocenters. The molecule has 1 fully saturated rings. The molecule has 0 aliphatic carbocycles. The van der Waals surface area contributed by atoms with Gasteiger partial charge in [0.2, 0.25) is 0 Å². The predicted molar refractivity (Wildman–Crippen MR) is 141 cm³/mol. The number of aliphatic hydroxyl groups excluding tert-OH is 1. The van der Waals surface area contributed by atoms with Crippen molar-refractivity contribution in [3.05, 3.63) is 76.6 Å². The Labute approximate surface area is 223 Å². The second-order valence-corrected chi connectivity index (χ2v) is 9.37. The van der Waals surface area contributed by atoms with E-state index in [2.05, 4.69) is 30.8 Å². The minimum absolute atomic E-state index is 0.00656. The lowest BCUT2D eigenvalue weighted by atomic mass is 9.98. The normalized spacial score (nSPS) is 14.2. The van der Waals surface area contributed by atoms with Gasteiger partial charge in [-0.25, -0.2) is 9.37 Å². The zero-order valence-corrected chi connectivity index (χ0v) is 21.2. The van der Waals surface area contributed by atoms with Crippen molar-refractivity contribution in [1.82, 2.24) is 20.2 Å². The van der Waals surface area contributed by atoms with Crippen LogP contribution in [0.3, 0.4) is 0 Å². The molecule has 10 nitrogen and oxygen atoms in total. The number of benzene rings is 2. The molecule has 0 radical (unpaired) electrons. The first kappa shape index (κ1) is 27.2. The van der Waals surface area contributed by atoms with Crippen LogP contribution in [0.5, 0.6) is 0 Å². The SMILES string of the molecule is O=C(Nc1ccc(NC(=O)c2nc[nH]c2C(=O)NCCN2CCC(CO)CC2)cc1)c1ccc(F)cc1Cl. The molecule has 1 aliphatic rings. The van der Waals surface area contributed by atoms with Gasteiger partial charge >= 0.3 is 0 Å². The minimum Gasteiger partial charge on any atom is -0.396 e. The number of nitrogens with zero attached hydrogens (tertiary/aromatic N) is 2. The van der Waals surface area contributed by atoms with Gasteiger partial charge in [0, 0.05) is 31.1 Å². The molecule has 0 spiro atoms. The Balaban J connectivity index is 1.28. The highest BCUT2D eigenvalue weighted by Gasteiger charge is 2.22. The molecule has 3 aromatic rings. The zero-order chi connectivity index (χ0) is 27.1. The van der Waals surface area contributed by atoms with E-state index in [1.54, 1.807) is 24.3 Å². The fourth-order valence-corrected chi connectivity index (χ4v) is 4.40. The van der Waals surface area contributed by atoms with Gasteiger partial charge in [-0.1, -0.05) is 11.6 Å². The average Bonchev–Trinajstić information content (AvgIpc) is 3.40. The number of nitrogens with one attached hydrogen (secondary N) is 4. The van der Waals surface area contributed by atoms with Crippen molar-refractivity contribution in [2.24, 2.45) is 5.92 Å². The number of piperidine rings is 1. The summed E-state index contributed by atoms with van der Waals surface area (Å²) < 4.78 is 13.2. The van der Waals surface area contributed by atoms with Gasteiger partial charge in [-0.05, 0) is 74.3 Å². The molecule has 12 heteroatoms. The van der Waals surface area contributed by atoms with E-state index < -0.39 is 23.5 Å². The number of aromatic nitrogens is 2. The number of carbonyl (C=O) groups is 3. The molecule has 4 rings (SSSR count). The van der Waals surface area contributed by atoms with Crippen molar-refractivity contribution in [1.29, 1.82) is 0 Å². The number of aliphatic hydroxyl groups is 1. The number of anilines is 2. The number of likely N-dealkylation sites (tertiary alicyclic amines) is 1. The smallest absolute Gasteiger partial charge is 0.276 e. The maximum Gasteiger partial charge on any atom is 0.276 e. The molecule has 0 bridgehead atoms. The molecule has 2 heterocycles. The van der Waals surface area contributed by atoms with Gasteiger partial charge in [0.25, 0.3) is 17.7 Å². The van der Waals surface area contributed by atoms with Crippen molar-refractivity contribution in [3.63, 3.8) is 0 Å². The first-order valence-corrected chi connectivity index (χ1v) is 12.5. The number of imidazole rings is 1. The van der Waals surface area contributed by atoms with E-state index in [0.717, 1.165) is 38.1 Å². The molecular weight excluding hydrogens is 515 g/mol. The van der Waals surface area contributed by atoms with Gasteiger partial charge in [0.1, 0.15) is 11.5 Å². The van der Waals surface area contributed by atoms with Gasteiger partial charge in [0.15, 0.2) is 5.69 Å². The Morgan fingerprint density at radius 1 is 1.03 bits per heavy atom. The summed E-state index contributed by atoms with van der Waals surface area (Å²) in [4.78, 5) is 46.8. The van der Waals surface area contributed by atoms with E-state index in [9.17, 15) is 23.9 Å². The van der Waals surface area contributed by atoms with E-state index >= 15 is 0 Å². The van der Waals surface area contributed by atoms with E-state index in [0.29, 0.717) is 30.4 Å². The number of carbonyl (C=O) groups excluding carboxylic acids is 3. The third-order valence-electron chi connectivity index (χ3n) is 6.34. The number of amides is 3. The molecule has 38 heavy (non-hydrogen) atoms. The largest absolute Gasteiger partial charge is 0.396 e. The van der Waals surface area contributed by atoms with Crippen LogP contribution in [0, 0.1) is 11.7 Å². The van der Waals surface area contributed by atoms with E-state index in [-0.39, 0.29) is 28.6 Å². The summed E-state index contributed by atoms with van der Waals surface area (Å²) in [5.74, 6) is -1.71. The van der Waals surface area contributed by atoms with Gasteiger partial charge in [0.05, 0.1) is 16.9 Å². The number of hydrogen-bond acceptors (Lipinski definition) is 6. The summed E-state index contributed by atoms with van der Waals surface area (Å²) in [5, 5.41) is 17.4. The van der Waals surface area contributed by atoms with Crippen molar-refractivity contribution in [2.75, 3.05) is 43.4 Å². The maximum absolute atomic E-state index is 13.2. The van der Waals surface area contributed by atoms with Crippen LogP contribution in [0.1, 0.15) is 44.2 Å². The van der Waals surface area contributed by atoms with Gasteiger partial charge in [-0.2, -0.15) is 0 Å². The van der Waals surface area contributed by atoms with Crippen LogP contribution in [-0.2, 0) is 0 Å². The number of aromatic amines is 1. The van der Waals surface area contributed by atoms with Crippen molar-refractivity contribution < 1.29 is 23.9 Å². The molecule has 5 N–H and O–H groups in total. The Hall–Kier alpha value is -3.80. The van der Waals surface area contributed by atoms with Crippen LogP contribution in [-0.4, -0.2) is 70.5 Å². The second kappa shape index (κ2) is 12.6. The molecule has 200 valence electrons. The molecule has 0 unspecified atom stereocenters. The lowest BCUT2D eigenvalue weighted by Crippen LogP contribution is -2.40. The average molecular weight is 543 g/mol. The van der Waals surface area contributed by atoms with Crippen LogP contribution >= 0.6 is 11.6 Å². The number of hydrogen-bond donors (Lipinski definition) is 5. The predicted octanol–water partition coefficient (Wildman–Crippen LogP) is 3.14. The first-order valence-electron chi connectivity index (χ1n) is 12.2. The molecular formula is C26H28ClFN6O4. The number of halogens is 2. The van der Waals surface area contributed by atoms with E-state index in [1.165, 1.54) is 12.4 Å². The lowest BCUT2D eigenvalue weighted by Gasteiger charge is -2.30. The molecule has 1 aliphatic heterocycles. The molecule has 0 saturated carbocycles. The number of H-pyrrole nitrogens is 1. The molecule has 2 aromatic carbocycles. The minimum atomic E-state index is -0.572. The third kappa shape index (κ3) is 6.94. The van der Waals surface area contributed by atoms with E-state index in [1.807, 2.05) is 0 Å². The molecule has 1 aromatic heterocycles. The Morgan fingerprint density at radius 3 is 2.32 bits per heavy atom. The van der Waals surface area contributed by atoms with Gasteiger partial charge in [-0.15, -0.1) is 0 Å². The van der Waals surface area contributed by atoms with Crippen LogP contribution in [0.4, 0.5) is 15.8 Å². The van der Waals surface area contributed by atoms with E-state index in [4.69, 9.17) is 11.6 Å². The maximum atomic E-state index is 13.2. The van der Waals surface area contributed by atoms with Crippen LogP contribution in [0.25, 0.3) is 0 Å². The van der Waals surface area contributed by atoms with Gasteiger partial charge < -0.3 is 30.9 Å². The highest BCUT2D eigenvalue weighted by atomic mass is 35.5. The quantitative estimate of drug-likeness (QED) is 0.281. The monoisotopic (exact) mass is 542 g/mol. The van der Waals surface area contributed by atoms with Crippen LogP contribution in [0.2, 0.25) is 5.02 Å². The van der Waals surface area contributed by atoms with Crippen molar-refractivity contribution in [2.45, 2.75) is 12.8 Å². The summed E-state index contributed by atoms with van der Waals surface area (Å²) in [6, 6.07) is 9.80. The summed E-state index contributed by atoms with van der Waals surface area (Å²) in [6.45, 7) is 3.06. The summed E-state index contributed by atoms with van der Waals surface area (Å²) in [6.07, 6.45) is 3.15. The summed E-state index contributed by atoms with van der Waals surface area (Å²) >= 11 is 5.94. The zero-order valence-electron chi connectivity index (χ0n) is 20.5. The van der Waals surface area contributed by atoms with Gasteiger partial charge in [-0.3, -0.25) is 14.4 Å². The summed E-state index contributed by atoms with van der Waals surface area (Å²) in [5.41, 5.74) is 0.999. The summed E-state index contributed by atoms with van der Waals surface area (Å²) in [7, 11) is 0. The van der Waals surface area contributed by atoms with Crippen molar-refractivity contribution >= 4 is 40.7 Å². The van der Waals surface area contributed by atoms with Crippen LogP contribution < -0.4 is 16.0 Å². The first-order chi connectivity index (χ1) is 18.3. The Bertz CT molecular complexity index is 1290. The molecule has 3 amide bonds. The standard InChI is InChI=1S/C26H28ClFN6O4/c27-21-13-17(28)1-6-20(21)24(36)32-18-2-4-19(5-3-18)33-26(38)23-22(30-15-31-23)25(37)29-9-12-34-10-7-16(14-35)8-11-34/h1-6,13,15-16,35H,7-12,14H2,(H,29,37)(H,30,31)(H,32,36)(H,33,38). The topological polar surface area (TPSA) is 139 Å².